The van der Waals surface area contributed by atoms with Crippen LogP contribution in [-0.4, -0.2) is 36.3 Å². The van der Waals surface area contributed by atoms with Crippen molar-refractivity contribution < 1.29 is 15.1 Å². The summed E-state index contributed by atoms with van der Waals surface area (Å²) >= 11 is 0. The van der Waals surface area contributed by atoms with Crippen molar-refractivity contribution in [3.63, 3.8) is 0 Å². The van der Waals surface area contributed by atoms with Crippen LogP contribution in [0.25, 0.3) is 0 Å². The zero-order valence-electron chi connectivity index (χ0n) is 5.86. The van der Waals surface area contributed by atoms with Gasteiger partial charge in [-0.05, 0) is 12.8 Å². The van der Waals surface area contributed by atoms with Crippen LogP contribution in [0.4, 0.5) is 0 Å². The highest BCUT2D eigenvalue weighted by Crippen LogP contribution is 1.86. The maximum absolute atomic E-state index is 8.35. The van der Waals surface area contributed by atoms with Gasteiger partial charge in [-0.25, -0.2) is 0 Å². The second kappa shape index (κ2) is 8.39. The molecule has 4 nitrogen and oxygen atoms in total. The number of rotatable bonds is 6. The molecule has 0 fully saturated rings. The SMILES string of the molecule is OCCCCOC/C=N/O. The Morgan fingerprint density at radius 1 is 1.40 bits per heavy atom. The second-order valence-corrected chi connectivity index (χ2v) is 1.80. The van der Waals surface area contributed by atoms with E-state index in [1.165, 1.54) is 6.21 Å². The summed E-state index contributed by atoms with van der Waals surface area (Å²) in [4.78, 5) is 0. The second-order valence-electron chi connectivity index (χ2n) is 1.80. The maximum Gasteiger partial charge on any atom is 0.0851 e. The largest absolute Gasteiger partial charge is 0.411 e. The molecule has 0 radical (unpaired) electrons. The molecule has 0 heterocycles. The topological polar surface area (TPSA) is 62.0 Å². The van der Waals surface area contributed by atoms with Gasteiger partial charge in [-0.2, -0.15) is 0 Å². The van der Waals surface area contributed by atoms with E-state index < -0.39 is 0 Å². The van der Waals surface area contributed by atoms with Gasteiger partial charge in [-0.3, -0.25) is 0 Å². The van der Waals surface area contributed by atoms with E-state index in [1.54, 1.807) is 0 Å². The summed E-state index contributed by atoms with van der Waals surface area (Å²) in [5.41, 5.74) is 0. The Hall–Kier alpha value is -0.610. The highest BCUT2D eigenvalue weighted by molar-refractivity contribution is 5.57. The molecule has 10 heavy (non-hydrogen) atoms. The first-order chi connectivity index (χ1) is 4.91. The number of nitrogens with zero attached hydrogens (tertiary/aromatic N) is 1. The highest BCUT2D eigenvalue weighted by Gasteiger charge is 1.85. The number of unbranched alkanes of at least 4 members (excludes halogenated alkanes) is 1. The van der Waals surface area contributed by atoms with E-state index in [0.29, 0.717) is 13.2 Å². The Kier molecular flexibility index (Phi) is 7.88. The van der Waals surface area contributed by atoms with Gasteiger partial charge in [0.1, 0.15) is 0 Å². The van der Waals surface area contributed by atoms with Gasteiger partial charge in [0.05, 0.1) is 12.8 Å². The minimum Gasteiger partial charge on any atom is -0.411 e. The van der Waals surface area contributed by atoms with Crippen molar-refractivity contribution in [1.29, 1.82) is 0 Å². The molecule has 0 spiro atoms. The molecule has 0 aromatic carbocycles. The van der Waals surface area contributed by atoms with Crippen LogP contribution in [0.3, 0.4) is 0 Å². The van der Waals surface area contributed by atoms with Gasteiger partial charge < -0.3 is 15.1 Å². The molecule has 0 aromatic rings. The van der Waals surface area contributed by atoms with E-state index >= 15 is 0 Å². The van der Waals surface area contributed by atoms with E-state index in [-0.39, 0.29) is 6.61 Å². The number of hydrogen-bond acceptors (Lipinski definition) is 4. The molecule has 60 valence electrons. The quantitative estimate of drug-likeness (QED) is 0.245. The van der Waals surface area contributed by atoms with Crippen molar-refractivity contribution in [2.24, 2.45) is 5.16 Å². The summed E-state index contributed by atoms with van der Waals surface area (Å²) in [5, 5.41) is 19.0. The van der Waals surface area contributed by atoms with Crippen LogP contribution in [0.15, 0.2) is 5.16 Å². The number of hydrogen-bond donors (Lipinski definition) is 2. The fourth-order valence-corrected chi connectivity index (χ4v) is 0.485. The van der Waals surface area contributed by atoms with Gasteiger partial charge >= 0.3 is 0 Å². The lowest BCUT2D eigenvalue weighted by Crippen LogP contribution is -1.98. The number of aliphatic hydroxyl groups is 1. The molecular formula is C6H13NO3. The van der Waals surface area contributed by atoms with E-state index in [1.807, 2.05) is 0 Å². The van der Waals surface area contributed by atoms with Crippen LogP contribution in [0.2, 0.25) is 0 Å². The van der Waals surface area contributed by atoms with Crippen LogP contribution < -0.4 is 0 Å². The zero-order chi connectivity index (χ0) is 7.66. The van der Waals surface area contributed by atoms with Gasteiger partial charge in [0.2, 0.25) is 0 Å². The van der Waals surface area contributed by atoms with Gasteiger partial charge in [-0.15, -0.1) is 0 Å². The predicted octanol–water partition coefficient (Wildman–Crippen LogP) is 0.235. The smallest absolute Gasteiger partial charge is 0.0851 e. The summed E-state index contributed by atoms with van der Waals surface area (Å²) in [6.07, 6.45) is 2.88. The molecule has 0 saturated carbocycles. The molecule has 0 unspecified atom stereocenters. The average molecular weight is 147 g/mol. The van der Waals surface area contributed by atoms with Crippen LogP contribution in [-0.2, 0) is 4.74 Å². The third-order valence-corrected chi connectivity index (χ3v) is 0.971. The van der Waals surface area contributed by atoms with E-state index in [2.05, 4.69) is 5.16 Å². The van der Waals surface area contributed by atoms with Crippen molar-refractivity contribution in [3.05, 3.63) is 0 Å². The predicted molar refractivity (Wildman–Crippen MR) is 37.4 cm³/mol. The molecule has 4 heteroatoms. The van der Waals surface area contributed by atoms with Crippen molar-refractivity contribution in [2.45, 2.75) is 12.8 Å². The molecule has 0 aromatic heterocycles. The molecule has 2 N–H and O–H groups in total. The first kappa shape index (κ1) is 9.39. The lowest BCUT2D eigenvalue weighted by Gasteiger charge is -1.97. The maximum atomic E-state index is 8.35. The molecule has 0 amide bonds. The molecule has 0 bridgehead atoms. The van der Waals surface area contributed by atoms with Gasteiger partial charge in [0, 0.05) is 13.2 Å². The fourth-order valence-electron chi connectivity index (χ4n) is 0.485. The lowest BCUT2D eigenvalue weighted by atomic mass is 10.3. The van der Waals surface area contributed by atoms with Crippen LogP contribution in [0, 0.1) is 0 Å². The van der Waals surface area contributed by atoms with Crippen molar-refractivity contribution in [1.82, 2.24) is 0 Å². The van der Waals surface area contributed by atoms with Crippen molar-refractivity contribution >= 4 is 6.21 Å². The summed E-state index contributed by atoms with van der Waals surface area (Å²) in [7, 11) is 0. The Morgan fingerprint density at radius 2 is 2.20 bits per heavy atom. The average Bonchev–Trinajstić information content (AvgIpc) is 1.97. The fraction of sp³-hybridized carbons (Fsp3) is 0.833. The highest BCUT2D eigenvalue weighted by atomic mass is 16.5. The first-order valence-corrected chi connectivity index (χ1v) is 3.26. The molecule has 0 saturated heterocycles. The Morgan fingerprint density at radius 3 is 2.80 bits per heavy atom. The van der Waals surface area contributed by atoms with Gasteiger partial charge in [-0.1, -0.05) is 5.16 Å². The summed E-state index contributed by atoms with van der Waals surface area (Å²) in [6, 6.07) is 0. The van der Waals surface area contributed by atoms with Gasteiger partial charge in [0.15, 0.2) is 0 Å². The summed E-state index contributed by atoms with van der Waals surface area (Å²) < 4.78 is 4.96. The number of aliphatic hydroxyl groups excluding tert-OH is 1. The monoisotopic (exact) mass is 147 g/mol. The third kappa shape index (κ3) is 7.39. The zero-order valence-corrected chi connectivity index (χ0v) is 5.86. The summed E-state index contributed by atoms with van der Waals surface area (Å²) in [5.74, 6) is 0. The third-order valence-electron chi connectivity index (χ3n) is 0.971. The van der Waals surface area contributed by atoms with Gasteiger partial charge in [0.25, 0.3) is 0 Å². The lowest BCUT2D eigenvalue weighted by molar-refractivity contribution is 0.158. The Bertz CT molecular complexity index is 85.1. The van der Waals surface area contributed by atoms with Crippen LogP contribution >= 0.6 is 0 Å². The van der Waals surface area contributed by atoms with E-state index in [9.17, 15) is 0 Å². The van der Waals surface area contributed by atoms with Crippen molar-refractivity contribution in [2.75, 3.05) is 19.8 Å². The molecule has 0 aliphatic carbocycles. The Balaban J connectivity index is 2.77. The summed E-state index contributed by atoms with van der Waals surface area (Å²) in [6.45, 7) is 1.14. The molecule has 0 aliphatic rings. The first-order valence-electron chi connectivity index (χ1n) is 3.26. The molecule has 0 atom stereocenters. The van der Waals surface area contributed by atoms with E-state index in [0.717, 1.165) is 12.8 Å². The molecular weight excluding hydrogens is 134 g/mol. The minimum absolute atomic E-state index is 0.206. The number of oxime groups is 1. The van der Waals surface area contributed by atoms with E-state index in [4.69, 9.17) is 15.1 Å². The van der Waals surface area contributed by atoms with Crippen LogP contribution in [0.5, 0.6) is 0 Å². The Labute approximate surface area is 60.1 Å². The van der Waals surface area contributed by atoms with Crippen molar-refractivity contribution in [3.8, 4) is 0 Å². The molecule has 0 rings (SSSR count). The number of ether oxygens (including phenoxy) is 1. The standard InChI is InChI=1S/C6H13NO3/c8-4-1-2-5-10-6-3-7-9/h3,8-9H,1-2,4-6H2/b7-3+. The normalized spacial score (nSPS) is 10.9. The molecule has 0 aliphatic heterocycles. The van der Waals surface area contributed by atoms with Crippen LogP contribution in [0.1, 0.15) is 12.8 Å². The minimum atomic E-state index is 0.206.